The topological polar surface area (TPSA) is 17.8 Å². The Hall–Kier alpha value is -4.95. The second-order valence-electron chi connectivity index (χ2n) is 9.63. The van der Waals surface area contributed by atoms with Crippen LogP contribution < -0.4 is 0 Å². The molecule has 0 amide bonds. The van der Waals surface area contributed by atoms with E-state index in [2.05, 4.69) is 126 Å². The molecule has 37 heavy (non-hydrogen) atoms. The quantitative estimate of drug-likeness (QED) is 0.230. The number of pyridine rings is 1. The molecule has 6 aromatic carbocycles. The summed E-state index contributed by atoms with van der Waals surface area (Å²) in [5, 5.41) is 8.62. The van der Waals surface area contributed by atoms with E-state index in [0.717, 1.165) is 11.2 Å². The van der Waals surface area contributed by atoms with Gasteiger partial charge in [0, 0.05) is 33.4 Å². The van der Waals surface area contributed by atoms with Gasteiger partial charge in [-0.1, -0.05) is 91.0 Å². The second kappa shape index (κ2) is 7.78. The molecule has 0 radical (unpaired) electrons. The average Bonchev–Trinajstić information content (AvgIpc) is 3.33. The summed E-state index contributed by atoms with van der Waals surface area (Å²) in [5.41, 5.74) is 7.10. The van der Waals surface area contributed by atoms with Gasteiger partial charge in [-0.25, -0.2) is 0 Å². The van der Waals surface area contributed by atoms with Gasteiger partial charge in [-0.2, -0.15) is 0 Å². The minimum atomic E-state index is 1.04. The lowest BCUT2D eigenvalue weighted by Gasteiger charge is -2.13. The van der Waals surface area contributed by atoms with Gasteiger partial charge in [0.1, 0.15) is 0 Å². The molecule has 0 N–H and O–H groups in total. The Morgan fingerprint density at radius 3 is 2.08 bits per heavy atom. The van der Waals surface area contributed by atoms with Crippen LogP contribution in [0.15, 0.2) is 134 Å². The maximum absolute atomic E-state index is 4.84. The van der Waals surface area contributed by atoms with Crippen molar-refractivity contribution < 1.29 is 0 Å². The molecule has 0 saturated carbocycles. The first-order valence-corrected chi connectivity index (χ1v) is 12.6. The average molecular weight is 471 g/mol. The smallest absolute Gasteiger partial charge is 0.0801 e. The van der Waals surface area contributed by atoms with Crippen molar-refractivity contribution in [3.05, 3.63) is 134 Å². The summed E-state index contributed by atoms with van der Waals surface area (Å²) in [4.78, 5) is 4.84. The van der Waals surface area contributed by atoms with Crippen molar-refractivity contribution in [3.63, 3.8) is 0 Å². The minimum absolute atomic E-state index is 1.04. The molecule has 0 saturated heterocycles. The highest BCUT2D eigenvalue weighted by Crippen LogP contribution is 2.42. The van der Waals surface area contributed by atoms with E-state index in [1.54, 1.807) is 0 Å². The Morgan fingerprint density at radius 1 is 0.486 bits per heavy atom. The Bertz CT molecular complexity index is 2140. The van der Waals surface area contributed by atoms with Crippen molar-refractivity contribution in [3.8, 4) is 16.8 Å². The molecule has 2 heterocycles. The van der Waals surface area contributed by atoms with Crippen molar-refractivity contribution in [1.82, 2.24) is 9.55 Å². The highest BCUT2D eigenvalue weighted by molar-refractivity contribution is 6.31. The van der Waals surface area contributed by atoms with E-state index in [0.29, 0.717) is 0 Å². The van der Waals surface area contributed by atoms with E-state index >= 15 is 0 Å². The van der Waals surface area contributed by atoms with Crippen molar-refractivity contribution in [2.45, 2.75) is 0 Å². The first kappa shape index (κ1) is 20.3. The van der Waals surface area contributed by atoms with Crippen molar-refractivity contribution in [2.75, 3.05) is 0 Å². The molecule has 8 rings (SSSR count). The Kier molecular flexibility index (Phi) is 4.26. The fourth-order valence-electron chi connectivity index (χ4n) is 5.94. The van der Waals surface area contributed by atoms with E-state index in [-0.39, 0.29) is 0 Å². The van der Waals surface area contributed by atoms with Crippen LogP contribution in [0.25, 0.3) is 71.1 Å². The van der Waals surface area contributed by atoms with Gasteiger partial charge in [-0.05, 0) is 63.7 Å². The maximum Gasteiger partial charge on any atom is 0.0801 e. The number of hydrogen-bond donors (Lipinski definition) is 0. The summed E-state index contributed by atoms with van der Waals surface area (Å²) in [6.45, 7) is 0. The summed E-state index contributed by atoms with van der Waals surface area (Å²) in [6.07, 6.45) is 1.90. The van der Waals surface area contributed by atoms with Crippen molar-refractivity contribution in [2.24, 2.45) is 0 Å². The van der Waals surface area contributed by atoms with Crippen LogP contribution in [-0.4, -0.2) is 9.55 Å². The van der Waals surface area contributed by atoms with Crippen LogP contribution in [0.1, 0.15) is 0 Å². The predicted molar refractivity (Wildman–Crippen MR) is 157 cm³/mol. The third kappa shape index (κ3) is 2.96. The summed E-state index contributed by atoms with van der Waals surface area (Å²) in [7, 11) is 0. The van der Waals surface area contributed by atoms with E-state index in [4.69, 9.17) is 4.98 Å². The third-order valence-corrected chi connectivity index (χ3v) is 7.58. The SMILES string of the molecule is c1ccc(-c2ccc3cc(-n4c5ccccc5c5c6ccccc6c6ncccc6c54)ccc3c2)cc1. The van der Waals surface area contributed by atoms with Gasteiger partial charge in [0.2, 0.25) is 0 Å². The monoisotopic (exact) mass is 470 g/mol. The molecular weight excluding hydrogens is 448 g/mol. The van der Waals surface area contributed by atoms with Gasteiger partial charge < -0.3 is 4.57 Å². The molecule has 2 aromatic heterocycles. The van der Waals surface area contributed by atoms with Gasteiger partial charge in [-0.15, -0.1) is 0 Å². The number of nitrogens with zero attached hydrogens (tertiary/aromatic N) is 2. The Morgan fingerprint density at radius 2 is 1.19 bits per heavy atom. The van der Waals surface area contributed by atoms with Crippen LogP contribution in [0.4, 0.5) is 0 Å². The standard InChI is InChI=1S/C35H22N2/c1-2-9-23(10-3-1)24-16-17-26-22-27(19-18-25(26)21-24)37-32-15-7-6-13-30(32)33-28-11-4-5-12-29(28)34-31(35(33)37)14-8-20-36-34/h1-22H. The van der Waals surface area contributed by atoms with Crippen LogP contribution in [-0.2, 0) is 0 Å². The molecule has 2 heteroatoms. The highest BCUT2D eigenvalue weighted by Gasteiger charge is 2.19. The first-order valence-electron chi connectivity index (χ1n) is 12.6. The molecule has 0 fully saturated rings. The van der Waals surface area contributed by atoms with E-state index in [1.807, 2.05) is 12.3 Å². The number of aromatic nitrogens is 2. The van der Waals surface area contributed by atoms with Crippen LogP contribution in [0.3, 0.4) is 0 Å². The molecule has 172 valence electrons. The van der Waals surface area contributed by atoms with Crippen LogP contribution >= 0.6 is 0 Å². The zero-order valence-electron chi connectivity index (χ0n) is 20.1. The largest absolute Gasteiger partial charge is 0.309 e. The molecule has 8 aromatic rings. The van der Waals surface area contributed by atoms with Gasteiger partial charge >= 0.3 is 0 Å². The third-order valence-electron chi connectivity index (χ3n) is 7.58. The summed E-state index contributed by atoms with van der Waals surface area (Å²) in [6, 6.07) is 45.8. The number of benzene rings is 6. The van der Waals surface area contributed by atoms with Gasteiger partial charge in [0.05, 0.1) is 16.6 Å². The fraction of sp³-hybridized carbons (Fsp3) is 0. The lowest BCUT2D eigenvalue weighted by Crippen LogP contribution is -1.95. The van der Waals surface area contributed by atoms with E-state index in [9.17, 15) is 0 Å². The normalized spacial score (nSPS) is 11.8. The lowest BCUT2D eigenvalue weighted by molar-refractivity contribution is 1.19. The molecule has 0 aliphatic carbocycles. The summed E-state index contributed by atoms with van der Waals surface area (Å²) in [5.74, 6) is 0. The number of para-hydroxylation sites is 1. The first-order chi connectivity index (χ1) is 18.4. The molecule has 0 aliphatic rings. The zero-order chi connectivity index (χ0) is 24.3. The van der Waals surface area contributed by atoms with E-state index < -0.39 is 0 Å². The summed E-state index contributed by atoms with van der Waals surface area (Å²) < 4.78 is 2.42. The van der Waals surface area contributed by atoms with Gasteiger partial charge in [0.25, 0.3) is 0 Å². The zero-order valence-corrected chi connectivity index (χ0v) is 20.1. The van der Waals surface area contributed by atoms with Gasteiger partial charge in [0.15, 0.2) is 0 Å². The minimum Gasteiger partial charge on any atom is -0.309 e. The van der Waals surface area contributed by atoms with Crippen LogP contribution in [0.5, 0.6) is 0 Å². The molecule has 2 nitrogen and oxygen atoms in total. The maximum atomic E-state index is 4.84. The van der Waals surface area contributed by atoms with Crippen molar-refractivity contribution >= 4 is 54.3 Å². The van der Waals surface area contributed by atoms with Crippen LogP contribution in [0.2, 0.25) is 0 Å². The van der Waals surface area contributed by atoms with E-state index in [1.165, 1.54) is 59.9 Å². The lowest BCUT2D eigenvalue weighted by atomic mass is 9.99. The van der Waals surface area contributed by atoms with Crippen molar-refractivity contribution in [1.29, 1.82) is 0 Å². The molecule has 0 atom stereocenters. The van der Waals surface area contributed by atoms with Gasteiger partial charge in [-0.3, -0.25) is 4.98 Å². The second-order valence-corrected chi connectivity index (χ2v) is 9.63. The Labute approximate surface area is 214 Å². The van der Waals surface area contributed by atoms with Crippen LogP contribution in [0, 0.1) is 0 Å². The fourth-order valence-corrected chi connectivity index (χ4v) is 5.94. The molecule has 0 bridgehead atoms. The number of fused-ring (bicyclic) bond motifs is 9. The molecular formula is C35H22N2. The predicted octanol–water partition coefficient (Wildman–Crippen LogP) is 9.31. The molecule has 0 unspecified atom stereocenters. The molecule has 0 spiro atoms. The Balaban J connectivity index is 1.47. The molecule has 0 aliphatic heterocycles. The number of hydrogen-bond acceptors (Lipinski definition) is 1. The highest BCUT2D eigenvalue weighted by atomic mass is 15.0. The summed E-state index contributed by atoms with van der Waals surface area (Å²) >= 11 is 0. The number of rotatable bonds is 2.